The Morgan fingerprint density at radius 3 is 3.06 bits per heavy atom. The predicted octanol–water partition coefficient (Wildman–Crippen LogP) is 1.48. The van der Waals surface area contributed by atoms with Crippen molar-refractivity contribution in [3.05, 3.63) is 18.2 Å². The summed E-state index contributed by atoms with van der Waals surface area (Å²) in [7, 11) is 1.62. The van der Waals surface area contributed by atoms with Crippen LogP contribution in [-0.2, 0) is 4.79 Å². The molecule has 1 aliphatic heterocycles. The molecule has 0 radical (unpaired) electrons. The lowest BCUT2D eigenvalue weighted by Crippen LogP contribution is -2.41. The minimum atomic E-state index is -0.0494. The van der Waals surface area contributed by atoms with E-state index in [9.17, 15) is 4.79 Å². The minimum absolute atomic E-state index is 0.0358. The molecule has 2 rings (SSSR count). The quantitative estimate of drug-likeness (QED) is 0.866. The van der Waals surface area contributed by atoms with Crippen LogP contribution in [0.4, 0.5) is 5.69 Å². The van der Waals surface area contributed by atoms with E-state index in [1.54, 1.807) is 23.8 Å². The summed E-state index contributed by atoms with van der Waals surface area (Å²) in [6, 6.07) is 5.79. The summed E-state index contributed by atoms with van der Waals surface area (Å²) in [5.41, 5.74) is 6.35. The molecule has 0 aliphatic carbocycles. The molecule has 1 aromatic carbocycles. The van der Waals surface area contributed by atoms with E-state index in [-0.39, 0.29) is 12.5 Å². The number of rotatable bonds is 2. The first-order valence-electron chi connectivity index (χ1n) is 5.51. The number of carbonyl (C=O) groups is 1. The number of anilines is 1. The largest absolute Gasteiger partial charge is 0.497 e. The molecule has 1 amide bonds. The molecule has 0 saturated heterocycles. The van der Waals surface area contributed by atoms with E-state index in [1.807, 2.05) is 18.2 Å². The van der Waals surface area contributed by atoms with Crippen molar-refractivity contribution in [2.24, 2.45) is 5.73 Å². The number of amides is 1. The molecule has 92 valence electrons. The maximum Gasteiger partial charge on any atom is 0.240 e. The van der Waals surface area contributed by atoms with Crippen LogP contribution < -0.4 is 15.4 Å². The number of hydrogen-bond donors (Lipinski definition) is 1. The van der Waals surface area contributed by atoms with Gasteiger partial charge in [0.15, 0.2) is 0 Å². The molecule has 0 bridgehead atoms. The Morgan fingerprint density at radius 1 is 1.65 bits per heavy atom. The van der Waals surface area contributed by atoms with Crippen LogP contribution in [0.2, 0.25) is 0 Å². The number of methoxy groups -OCH3 is 1. The Balaban J connectivity index is 2.42. The molecular weight excluding hydrogens is 236 g/mol. The van der Waals surface area contributed by atoms with Gasteiger partial charge in [-0.25, -0.2) is 0 Å². The maximum atomic E-state index is 11.8. The van der Waals surface area contributed by atoms with Gasteiger partial charge in [0, 0.05) is 22.8 Å². The Labute approximate surface area is 105 Å². The molecular formula is C12H16N2O2S. The molecule has 17 heavy (non-hydrogen) atoms. The van der Waals surface area contributed by atoms with Crippen molar-refractivity contribution in [3.8, 4) is 5.75 Å². The third kappa shape index (κ3) is 2.40. The first kappa shape index (κ1) is 12.3. The monoisotopic (exact) mass is 252 g/mol. The van der Waals surface area contributed by atoms with Gasteiger partial charge in [0.2, 0.25) is 5.91 Å². The highest BCUT2D eigenvalue weighted by atomic mass is 32.2. The van der Waals surface area contributed by atoms with Crippen molar-refractivity contribution in [2.75, 3.05) is 25.1 Å². The van der Waals surface area contributed by atoms with Crippen molar-refractivity contribution < 1.29 is 9.53 Å². The number of hydrogen-bond acceptors (Lipinski definition) is 4. The summed E-state index contributed by atoms with van der Waals surface area (Å²) in [4.78, 5) is 14.7. The van der Waals surface area contributed by atoms with Crippen LogP contribution >= 0.6 is 11.8 Å². The van der Waals surface area contributed by atoms with E-state index in [0.717, 1.165) is 16.3 Å². The average Bonchev–Trinajstić information content (AvgIpc) is 2.36. The third-order valence-electron chi connectivity index (χ3n) is 2.70. The van der Waals surface area contributed by atoms with Crippen LogP contribution in [0.15, 0.2) is 23.1 Å². The van der Waals surface area contributed by atoms with Crippen molar-refractivity contribution in [2.45, 2.75) is 17.1 Å². The van der Waals surface area contributed by atoms with Crippen LogP contribution in [0.1, 0.15) is 6.92 Å². The molecule has 0 fully saturated rings. The van der Waals surface area contributed by atoms with E-state index < -0.39 is 0 Å². The molecule has 0 aromatic heterocycles. The van der Waals surface area contributed by atoms with E-state index in [0.29, 0.717) is 11.8 Å². The number of carbonyl (C=O) groups excluding carboxylic acids is 1. The Hall–Kier alpha value is -1.20. The van der Waals surface area contributed by atoms with E-state index in [1.165, 1.54) is 0 Å². The third-order valence-corrected chi connectivity index (χ3v) is 3.85. The zero-order chi connectivity index (χ0) is 12.4. The molecule has 1 unspecified atom stereocenters. The van der Waals surface area contributed by atoms with E-state index in [2.05, 4.69) is 6.92 Å². The second-order valence-corrected chi connectivity index (χ2v) is 5.45. The van der Waals surface area contributed by atoms with Gasteiger partial charge in [-0.2, -0.15) is 0 Å². The number of fused-ring (bicyclic) bond motifs is 1. The Morgan fingerprint density at radius 2 is 2.41 bits per heavy atom. The van der Waals surface area contributed by atoms with Crippen LogP contribution in [-0.4, -0.2) is 31.4 Å². The first-order valence-corrected chi connectivity index (χ1v) is 6.38. The number of benzene rings is 1. The average molecular weight is 252 g/mol. The van der Waals surface area contributed by atoms with Crippen molar-refractivity contribution in [1.82, 2.24) is 0 Å². The SMILES string of the molecule is COc1ccc2c(c1)N(C(=O)CN)CC(C)S2. The van der Waals surface area contributed by atoms with Gasteiger partial charge in [0.1, 0.15) is 5.75 Å². The highest BCUT2D eigenvalue weighted by molar-refractivity contribution is 8.00. The fourth-order valence-corrected chi connectivity index (χ4v) is 2.98. The van der Waals surface area contributed by atoms with Crippen LogP contribution in [0.25, 0.3) is 0 Å². The number of nitrogens with two attached hydrogens (primary N) is 1. The molecule has 5 heteroatoms. The number of nitrogens with zero attached hydrogens (tertiary/aromatic N) is 1. The van der Waals surface area contributed by atoms with Gasteiger partial charge in [-0.15, -0.1) is 11.8 Å². The second kappa shape index (κ2) is 4.98. The van der Waals surface area contributed by atoms with Gasteiger partial charge in [0.05, 0.1) is 19.3 Å². The summed E-state index contributed by atoms with van der Waals surface area (Å²) in [6.07, 6.45) is 0. The lowest BCUT2D eigenvalue weighted by Gasteiger charge is -2.32. The molecule has 0 saturated carbocycles. The maximum absolute atomic E-state index is 11.8. The van der Waals surface area contributed by atoms with Crippen LogP contribution in [0.3, 0.4) is 0 Å². The second-order valence-electron chi connectivity index (χ2n) is 3.97. The fraction of sp³-hybridized carbons (Fsp3) is 0.417. The van der Waals surface area contributed by atoms with Gasteiger partial charge in [-0.05, 0) is 12.1 Å². The van der Waals surface area contributed by atoms with Crippen LogP contribution in [0, 0.1) is 0 Å². The zero-order valence-corrected chi connectivity index (χ0v) is 10.8. The highest BCUT2D eigenvalue weighted by Gasteiger charge is 2.26. The van der Waals surface area contributed by atoms with Gasteiger partial charge in [0.25, 0.3) is 0 Å². The van der Waals surface area contributed by atoms with Gasteiger partial charge in [-0.1, -0.05) is 6.92 Å². The normalized spacial score (nSPS) is 18.8. The van der Waals surface area contributed by atoms with Gasteiger partial charge in [-0.3, -0.25) is 4.79 Å². The number of thioether (sulfide) groups is 1. The molecule has 0 spiro atoms. The standard InChI is InChI=1S/C12H16N2O2S/c1-8-7-14(12(15)6-13)10-5-9(16-2)3-4-11(10)17-8/h3-5,8H,6-7,13H2,1-2H3. The number of ether oxygens (including phenoxy) is 1. The van der Waals surface area contributed by atoms with E-state index in [4.69, 9.17) is 10.5 Å². The van der Waals surface area contributed by atoms with Crippen molar-refractivity contribution >= 4 is 23.4 Å². The molecule has 1 atom stereocenters. The van der Waals surface area contributed by atoms with Gasteiger partial charge >= 0.3 is 0 Å². The summed E-state index contributed by atoms with van der Waals surface area (Å²) in [6.45, 7) is 2.84. The van der Waals surface area contributed by atoms with E-state index >= 15 is 0 Å². The summed E-state index contributed by atoms with van der Waals surface area (Å²) >= 11 is 1.77. The summed E-state index contributed by atoms with van der Waals surface area (Å²) < 4.78 is 5.19. The smallest absolute Gasteiger partial charge is 0.240 e. The summed E-state index contributed by atoms with van der Waals surface area (Å²) in [5.74, 6) is 0.709. The highest BCUT2D eigenvalue weighted by Crippen LogP contribution is 2.40. The molecule has 1 aromatic rings. The lowest BCUT2D eigenvalue weighted by atomic mass is 10.2. The van der Waals surface area contributed by atoms with Gasteiger partial charge < -0.3 is 15.4 Å². The lowest BCUT2D eigenvalue weighted by molar-refractivity contribution is -0.117. The predicted molar refractivity (Wildman–Crippen MR) is 69.7 cm³/mol. The van der Waals surface area contributed by atoms with Crippen LogP contribution in [0.5, 0.6) is 5.75 Å². The molecule has 4 nitrogen and oxygen atoms in total. The Kier molecular flexibility index (Phi) is 3.59. The first-order chi connectivity index (χ1) is 8.15. The van der Waals surface area contributed by atoms with Crippen molar-refractivity contribution in [1.29, 1.82) is 0 Å². The molecule has 2 N–H and O–H groups in total. The minimum Gasteiger partial charge on any atom is -0.497 e. The molecule has 1 heterocycles. The Bertz CT molecular complexity index is 437. The summed E-state index contributed by atoms with van der Waals surface area (Å²) in [5, 5.41) is 0.381. The van der Waals surface area contributed by atoms with Crippen molar-refractivity contribution in [3.63, 3.8) is 0 Å². The zero-order valence-electron chi connectivity index (χ0n) is 9.97. The topological polar surface area (TPSA) is 55.6 Å². The molecule has 1 aliphatic rings. The fourth-order valence-electron chi connectivity index (χ4n) is 1.89.